The minimum atomic E-state index is 0.0106. The predicted octanol–water partition coefficient (Wildman–Crippen LogP) is 2.86. The van der Waals surface area contributed by atoms with Crippen molar-refractivity contribution in [2.45, 2.75) is 19.8 Å². The van der Waals surface area contributed by atoms with E-state index in [2.05, 4.69) is 6.07 Å². The molecule has 3 nitrogen and oxygen atoms in total. The summed E-state index contributed by atoms with van der Waals surface area (Å²) >= 11 is 0. The third-order valence-electron chi connectivity index (χ3n) is 3.41. The molecular weight excluding hydrogens is 261 g/mol. The van der Waals surface area contributed by atoms with Gasteiger partial charge in [0.05, 0.1) is 24.3 Å². The molecule has 2 radical (unpaired) electrons. The summed E-state index contributed by atoms with van der Waals surface area (Å²) in [5.41, 5.74) is 3.09. The zero-order chi connectivity index (χ0) is 15.6. The van der Waals surface area contributed by atoms with Gasteiger partial charge in [-0.1, -0.05) is 31.4 Å². The second kappa shape index (κ2) is 5.93. The van der Waals surface area contributed by atoms with Crippen LogP contribution >= 0.6 is 0 Å². The first-order valence-electron chi connectivity index (χ1n) is 6.69. The Balaban J connectivity index is 2.88. The molecule has 1 N–H and O–H groups in total. The monoisotopic (exact) mass is 277 g/mol. The summed E-state index contributed by atoms with van der Waals surface area (Å²) in [7, 11) is 7.26. The van der Waals surface area contributed by atoms with E-state index in [1.165, 1.54) is 13.2 Å². The van der Waals surface area contributed by atoms with Crippen LogP contribution in [0.4, 0.5) is 0 Å². The topological polar surface area (TPSA) is 53.2 Å². The van der Waals surface area contributed by atoms with Gasteiger partial charge in [-0.05, 0) is 29.7 Å². The summed E-state index contributed by atoms with van der Waals surface area (Å²) < 4.78 is 5.35. The summed E-state index contributed by atoms with van der Waals surface area (Å²) in [5, 5.41) is 19.7. The van der Waals surface area contributed by atoms with E-state index >= 15 is 0 Å². The van der Waals surface area contributed by atoms with Gasteiger partial charge in [-0.2, -0.15) is 5.26 Å². The van der Waals surface area contributed by atoms with Crippen molar-refractivity contribution < 1.29 is 9.84 Å². The van der Waals surface area contributed by atoms with Gasteiger partial charge >= 0.3 is 0 Å². The van der Waals surface area contributed by atoms with E-state index in [9.17, 15) is 10.4 Å². The fraction of sp³-hybridized carbons (Fsp3) is 0.235. The van der Waals surface area contributed by atoms with Crippen LogP contribution in [0.1, 0.15) is 30.9 Å². The number of hydrogen-bond donors (Lipinski definition) is 1. The molecule has 0 heterocycles. The van der Waals surface area contributed by atoms with Gasteiger partial charge in [0.2, 0.25) is 0 Å². The fourth-order valence-corrected chi connectivity index (χ4v) is 2.46. The maximum atomic E-state index is 10.3. The molecule has 0 aliphatic carbocycles. The Kier molecular flexibility index (Phi) is 4.23. The van der Waals surface area contributed by atoms with Gasteiger partial charge in [0, 0.05) is 5.56 Å². The second-order valence-corrected chi connectivity index (χ2v) is 5.15. The molecule has 0 aliphatic heterocycles. The number of benzene rings is 2. The SMILES string of the molecule is [B]c1cc(O)c(-c2c(C#N)cccc2C(C)C)c(OC)c1. The van der Waals surface area contributed by atoms with Gasteiger partial charge in [0.15, 0.2) is 0 Å². The van der Waals surface area contributed by atoms with Crippen LogP contribution in [0.15, 0.2) is 30.3 Å². The maximum Gasteiger partial charge on any atom is 0.129 e. The normalized spacial score (nSPS) is 10.4. The van der Waals surface area contributed by atoms with Crippen molar-refractivity contribution in [2.75, 3.05) is 7.11 Å². The van der Waals surface area contributed by atoms with Crippen molar-refractivity contribution in [3.63, 3.8) is 0 Å². The molecular formula is C17H16BNO2. The highest BCUT2D eigenvalue weighted by atomic mass is 16.5. The summed E-state index contributed by atoms with van der Waals surface area (Å²) in [6.45, 7) is 4.08. The molecule has 0 saturated carbocycles. The molecule has 0 atom stereocenters. The van der Waals surface area contributed by atoms with E-state index in [-0.39, 0.29) is 11.7 Å². The molecule has 0 fully saturated rings. The average molecular weight is 277 g/mol. The number of methoxy groups -OCH3 is 1. The van der Waals surface area contributed by atoms with Crippen LogP contribution in [0.5, 0.6) is 11.5 Å². The van der Waals surface area contributed by atoms with Gasteiger partial charge in [-0.25, -0.2) is 0 Å². The minimum absolute atomic E-state index is 0.0106. The first-order chi connectivity index (χ1) is 9.99. The number of aromatic hydroxyl groups is 1. The van der Waals surface area contributed by atoms with Crippen LogP contribution in [0.2, 0.25) is 0 Å². The Morgan fingerprint density at radius 3 is 2.52 bits per heavy atom. The molecule has 0 spiro atoms. The highest BCUT2D eigenvalue weighted by Gasteiger charge is 2.20. The third kappa shape index (κ3) is 2.73. The quantitative estimate of drug-likeness (QED) is 0.878. The van der Waals surface area contributed by atoms with Crippen LogP contribution in [-0.4, -0.2) is 20.1 Å². The van der Waals surface area contributed by atoms with E-state index in [4.69, 9.17) is 12.6 Å². The number of nitriles is 1. The summed E-state index contributed by atoms with van der Waals surface area (Å²) in [5.74, 6) is 0.670. The molecule has 0 aromatic heterocycles. The first-order valence-corrected chi connectivity index (χ1v) is 6.69. The molecule has 21 heavy (non-hydrogen) atoms. The Bertz CT molecular complexity index is 717. The molecule has 104 valence electrons. The summed E-state index contributed by atoms with van der Waals surface area (Å²) in [6, 6.07) is 10.8. The summed E-state index contributed by atoms with van der Waals surface area (Å²) in [6.07, 6.45) is 0. The van der Waals surface area contributed by atoms with Crippen molar-refractivity contribution in [1.82, 2.24) is 0 Å². The number of ether oxygens (including phenoxy) is 1. The van der Waals surface area contributed by atoms with Crippen molar-refractivity contribution in [2.24, 2.45) is 0 Å². The maximum absolute atomic E-state index is 10.3. The van der Waals surface area contributed by atoms with E-state index in [0.717, 1.165) is 5.56 Å². The molecule has 2 rings (SSSR count). The van der Waals surface area contributed by atoms with Gasteiger partial charge < -0.3 is 9.84 Å². The highest BCUT2D eigenvalue weighted by molar-refractivity contribution is 6.32. The van der Waals surface area contributed by atoms with Crippen molar-refractivity contribution in [3.05, 3.63) is 41.5 Å². The third-order valence-corrected chi connectivity index (χ3v) is 3.41. The Morgan fingerprint density at radius 2 is 1.95 bits per heavy atom. The van der Waals surface area contributed by atoms with Crippen LogP contribution in [-0.2, 0) is 0 Å². The standard InChI is InChI=1S/C17H16BNO2/c1-10(2)13-6-4-5-11(9-19)16(13)17-14(20)7-12(18)8-15(17)21-3/h4-8,10,20H,1-3H3. The van der Waals surface area contributed by atoms with Gasteiger partial charge in [-0.15, -0.1) is 0 Å². The number of hydrogen-bond acceptors (Lipinski definition) is 3. The number of rotatable bonds is 3. The number of phenols is 1. The fourth-order valence-electron chi connectivity index (χ4n) is 2.46. The lowest BCUT2D eigenvalue weighted by Crippen LogP contribution is -2.05. The van der Waals surface area contributed by atoms with Crippen LogP contribution in [0, 0.1) is 11.3 Å². The van der Waals surface area contributed by atoms with Gasteiger partial charge in [0.1, 0.15) is 19.3 Å². The van der Waals surface area contributed by atoms with Gasteiger partial charge in [0.25, 0.3) is 0 Å². The van der Waals surface area contributed by atoms with Crippen LogP contribution < -0.4 is 10.2 Å². The Morgan fingerprint density at radius 1 is 1.24 bits per heavy atom. The molecule has 0 unspecified atom stereocenters. The van der Waals surface area contributed by atoms with E-state index in [1.807, 2.05) is 26.0 Å². The lowest BCUT2D eigenvalue weighted by atomic mass is 9.86. The molecule has 2 aromatic rings. The van der Waals surface area contributed by atoms with Crippen molar-refractivity contribution in [1.29, 1.82) is 5.26 Å². The lowest BCUT2D eigenvalue weighted by Gasteiger charge is -2.18. The van der Waals surface area contributed by atoms with Crippen LogP contribution in [0.25, 0.3) is 11.1 Å². The average Bonchev–Trinajstić information content (AvgIpc) is 2.45. The number of phenolic OH excluding ortho intramolecular Hbond substituents is 1. The molecule has 0 saturated heterocycles. The van der Waals surface area contributed by atoms with Gasteiger partial charge in [-0.3, -0.25) is 0 Å². The smallest absolute Gasteiger partial charge is 0.129 e. The number of nitrogens with zero attached hydrogens (tertiary/aromatic N) is 1. The largest absolute Gasteiger partial charge is 0.507 e. The Hall–Kier alpha value is -2.41. The zero-order valence-corrected chi connectivity index (χ0v) is 12.3. The highest BCUT2D eigenvalue weighted by Crippen LogP contribution is 2.42. The van der Waals surface area contributed by atoms with Crippen molar-refractivity contribution in [3.8, 4) is 28.7 Å². The molecule has 2 aromatic carbocycles. The van der Waals surface area contributed by atoms with E-state index in [1.54, 1.807) is 12.1 Å². The minimum Gasteiger partial charge on any atom is -0.507 e. The molecule has 0 aliphatic rings. The Labute approximate surface area is 126 Å². The van der Waals surface area contributed by atoms with Crippen LogP contribution in [0.3, 0.4) is 0 Å². The first kappa shape index (κ1) is 15.0. The predicted molar refractivity (Wildman–Crippen MR) is 84.3 cm³/mol. The molecule has 4 heteroatoms. The van der Waals surface area contributed by atoms with Crippen molar-refractivity contribution >= 4 is 13.3 Å². The van der Waals surface area contributed by atoms with E-state index in [0.29, 0.717) is 27.9 Å². The molecule has 0 bridgehead atoms. The second-order valence-electron chi connectivity index (χ2n) is 5.15. The summed E-state index contributed by atoms with van der Waals surface area (Å²) in [4.78, 5) is 0. The lowest BCUT2D eigenvalue weighted by molar-refractivity contribution is 0.410. The zero-order valence-electron chi connectivity index (χ0n) is 12.3. The van der Waals surface area contributed by atoms with E-state index < -0.39 is 0 Å². The molecule has 0 amide bonds.